The van der Waals surface area contributed by atoms with Gasteiger partial charge in [-0.15, -0.1) is 0 Å². The average Bonchev–Trinajstić information content (AvgIpc) is 3.43. The first-order valence-corrected chi connectivity index (χ1v) is 9.73. The van der Waals surface area contributed by atoms with Gasteiger partial charge in [-0.25, -0.2) is 4.98 Å². The fourth-order valence-corrected chi connectivity index (χ4v) is 5.04. The van der Waals surface area contributed by atoms with Crippen molar-refractivity contribution in [1.82, 2.24) is 4.98 Å². The lowest BCUT2D eigenvalue weighted by atomic mass is 9.78. The van der Waals surface area contributed by atoms with Crippen LogP contribution in [0.15, 0.2) is 40.8 Å². The van der Waals surface area contributed by atoms with Crippen LogP contribution in [-0.4, -0.2) is 37.4 Å². The maximum Gasteiger partial charge on any atom is 0.192 e. The highest BCUT2D eigenvalue weighted by atomic mass is 16.5. The molecule has 1 spiro atoms. The zero-order chi connectivity index (χ0) is 18.0. The van der Waals surface area contributed by atoms with Gasteiger partial charge in [-0.2, -0.15) is 0 Å². The highest BCUT2D eigenvalue weighted by Crippen LogP contribution is 2.52. The predicted molar refractivity (Wildman–Crippen MR) is 103 cm³/mol. The zero-order valence-electron chi connectivity index (χ0n) is 15.4. The Hall–Kier alpha value is -2.53. The number of nitrogens with zero attached hydrogens (tertiary/aromatic N) is 2. The fraction of sp³-hybridized carbons (Fsp3) is 0.409. The van der Waals surface area contributed by atoms with Crippen LogP contribution in [-0.2, 0) is 10.2 Å². The first kappa shape index (κ1) is 15.5. The number of hydrogen-bond acceptors (Lipinski definition) is 5. The molecule has 3 aliphatic heterocycles. The van der Waals surface area contributed by atoms with Crippen LogP contribution in [0.1, 0.15) is 29.9 Å². The van der Waals surface area contributed by atoms with Gasteiger partial charge in [0.15, 0.2) is 11.5 Å². The third-order valence-corrected chi connectivity index (χ3v) is 6.26. The molecule has 0 aliphatic carbocycles. The monoisotopic (exact) mass is 362 g/mol. The van der Waals surface area contributed by atoms with E-state index in [0.29, 0.717) is 18.6 Å². The van der Waals surface area contributed by atoms with Gasteiger partial charge in [0.25, 0.3) is 0 Å². The van der Waals surface area contributed by atoms with Crippen LogP contribution in [0.3, 0.4) is 0 Å². The Morgan fingerprint density at radius 3 is 3.04 bits per heavy atom. The van der Waals surface area contributed by atoms with E-state index in [9.17, 15) is 0 Å². The minimum atomic E-state index is -0.153. The van der Waals surface area contributed by atoms with Crippen molar-refractivity contribution in [3.8, 4) is 5.75 Å². The fourth-order valence-electron chi connectivity index (χ4n) is 5.04. The Kier molecular flexibility index (Phi) is 3.15. The third-order valence-electron chi connectivity index (χ3n) is 6.26. The molecule has 4 heterocycles. The van der Waals surface area contributed by atoms with Gasteiger partial charge in [0.1, 0.15) is 17.9 Å². The summed E-state index contributed by atoms with van der Waals surface area (Å²) in [5, 5.41) is 0. The summed E-state index contributed by atoms with van der Waals surface area (Å²) in [6.45, 7) is 5.29. The van der Waals surface area contributed by atoms with E-state index in [1.54, 1.807) is 0 Å². The second-order valence-electron chi connectivity index (χ2n) is 7.95. The van der Waals surface area contributed by atoms with Gasteiger partial charge in [0.2, 0.25) is 0 Å². The quantitative estimate of drug-likeness (QED) is 0.694. The van der Waals surface area contributed by atoms with Gasteiger partial charge >= 0.3 is 0 Å². The number of oxazole rings is 1. The SMILES string of the molecule is Cc1nc2cc3c(cc2o1)C1(CO3)CN(C[C@H]2CCCO2)c2ccccc21. The number of aryl methyl sites for hydroxylation is 1. The molecule has 27 heavy (non-hydrogen) atoms. The normalized spacial score (nSPS) is 26.0. The molecule has 3 aliphatic rings. The van der Waals surface area contributed by atoms with Crippen molar-refractivity contribution in [3.05, 3.63) is 53.4 Å². The molecule has 3 aromatic rings. The molecule has 0 bridgehead atoms. The highest BCUT2D eigenvalue weighted by molar-refractivity contribution is 5.80. The predicted octanol–water partition coefficient (Wildman–Crippen LogP) is 3.81. The Morgan fingerprint density at radius 1 is 1.22 bits per heavy atom. The summed E-state index contributed by atoms with van der Waals surface area (Å²) in [5.74, 6) is 1.62. The second-order valence-corrected chi connectivity index (χ2v) is 7.95. The van der Waals surface area contributed by atoms with Crippen LogP contribution in [0, 0.1) is 6.92 Å². The van der Waals surface area contributed by atoms with Gasteiger partial charge < -0.3 is 18.8 Å². The maximum absolute atomic E-state index is 6.19. The third kappa shape index (κ3) is 2.18. The first-order valence-electron chi connectivity index (χ1n) is 9.73. The molecule has 0 amide bonds. The van der Waals surface area contributed by atoms with Crippen LogP contribution in [0.5, 0.6) is 5.75 Å². The van der Waals surface area contributed by atoms with Crippen LogP contribution >= 0.6 is 0 Å². The Morgan fingerprint density at radius 2 is 2.15 bits per heavy atom. The average molecular weight is 362 g/mol. The summed E-state index contributed by atoms with van der Waals surface area (Å²) >= 11 is 0. The van der Waals surface area contributed by atoms with E-state index >= 15 is 0 Å². The van der Waals surface area contributed by atoms with E-state index in [1.807, 2.05) is 13.0 Å². The lowest BCUT2D eigenvalue weighted by Crippen LogP contribution is -2.39. The van der Waals surface area contributed by atoms with Crippen molar-refractivity contribution >= 4 is 16.8 Å². The number of aromatic nitrogens is 1. The molecule has 0 saturated carbocycles. The number of benzene rings is 2. The van der Waals surface area contributed by atoms with Crippen LogP contribution in [0.25, 0.3) is 11.1 Å². The lowest BCUT2D eigenvalue weighted by molar-refractivity contribution is 0.115. The van der Waals surface area contributed by atoms with E-state index in [0.717, 1.165) is 43.0 Å². The minimum Gasteiger partial charge on any atom is -0.492 e. The molecule has 0 radical (unpaired) electrons. The summed E-state index contributed by atoms with van der Waals surface area (Å²) in [7, 11) is 0. The Bertz CT molecular complexity index is 1040. The van der Waals surface area contributed by atoms with E-state index in [4.69, 9.17) is 13.9 Å². The number of fused-ring (bicyclic) bond motifs is 5. The summed E-state index contributed by atoms with van der Waals surface area (Å²) in [5.41, 5.74) is 5.42. The van der Waals surface area contributed by atoms with E-state index in [2.05, 4.69) is 40.2 Å². The molecule has 2 aromatic carbocycles. The van der Waals surface area contributed by atoms with E-state index < -0.39 is 0 Å². The summed E-state index contributed by atoms with van der Waals surface area (Å²) in [6.07, 6.45) is 2.64. The topological polar surface area (TPSA) is 47.7 Å². The van der Waals surface area contributed by atoms with Crippen LogP contribution < -0.4 is 9.64 Å². The van der Waals surface area contributed by atoms with Crippen molar-refractivity contribution in [2.24, 2.45) is 0 Å². The second kappa shape index (κ2) is 5.49. The number of anilines is 1. The van der Waals surface area contributed by atoms with Gasteiger partial charge in [0, 0.05) is 43.9 Å². The summed E-state index contributed by atoms with van der Waals surface area (Å²) in [4.78, 5) is 6.95. The summed E-state index contributed by atoms with van der Waals surface area (Å²) in [6, 6.07) is 12.9. The largest absolute Gasteiger partial charge is 0.492 e. The molecular formula is C22H22N2O3. The molecule has 6 rings (SSSR count). The van der Waals surface area contributed by atoms with Gasteiger partial charge in [-0.3, -0.25) is 0 Å². The molecule has 1 saturated heterocycles. The molecule has 138 valence electrons. The molecule has 0 N–H and O–H groups in total. The molecule has 2 atom stereocenters. The van der Waals surface area contributed by atoms with Crippen LogP contribution in [0.2, 0.25) is 0 Å². The first-order chi connectivity index (χ1) is 13.2. The number of hydrogen-bond donors (Lipinski definition) is 0. The van der Waals surface area contributed by atoms with Gasteiger partial charge in [-0.05, 0) is 30.5 Å². The van der Waals surface area contributed by atoms with E-state index in [1.165, 1.54) is 23.2 Å². The lowest BCUT2D eigenvalue weighted by Gasteiger charge is -2.26. The zero-order valence-corrected chi connectivity index (χ0v) is 15.4. The molecule has 5 nitrogen and oxygen atoms in total. The molecule has 1 unspecified atom stereocenters. The van der Waals surface area contributed by atoms with Crippen LogP contribution in [0.4, 0.5) is 5.69 Å². The van der Waals surface area contributed by atoms with Crippen molar-refractivity contribution in [1.29, 1.82) is 0 Å². The summed E-state index contributed by atoms with van der Waals surface area (Å²) < 4.78 is 17.9. The van der Waals surface area contributed by atoms with Crippen molar-refractivity contribution in [2.75, 3.05) is 31.2 Å². The van der Waals surface area contributed by atoms with Crippen molar-refractivity contribution in [3.63, 3.8) is 0 Å². The number of ether oxygens (including phenoxy) is 2. The smallest absolute Gasteiger partial charge is 0.192 e. The highest BCUT2D eigenvalue weighted by Gasteiger charge is 2.50. The minimum absolute atomic E-state index is 0.153. The Labute approximate surface area is 157 Å². The molecule has 1 aromatic heterocycles. The van der Waals surface area contributed by atoms with Gasteiger partial charge in [-0.1, -0.05) is 18.2 Å². The number of para-hydroxylation sites is 1. The van der Waals surface area contributed by atoms with Crippen molar-refractivity contribution < 1.29 is 13.9 Å². The standard InChI is InChI=1S/C22H22N2O3/c1-14-23-18-10-20-17(9-21(18)27-14)22(13-26-20)12-24(11-15-5-4-8-25-15)19-7-3-2-6-16(19)22/h2-3,6-7,9-10,15H,4-5,8,11-13H2,1H3/t15-,22?/m1/s1. The van der Waals surface area contributed by atoms with Crippen molar-refractivity contribution in [2.45, 2.75) is 31.3 Å². The Balaban J connectivity index is 1.47. The molecule has 1 fully saturated rings. The van der Waals surface area contributed by atoms with Gasteiger partial charge in [0.05, 0.1) is 11.5 Å². The molecular weight excluding hydrogens is 340 g/mol. The maximum atomic E-state index is 6.19. The van der Waals surface area contributed by atoms with E-state index in [-0.39, 0.29) is 5.41 Å². The number of rotatable bonds is 2. The molecule has 5 heteroatoms.